The van der Waals surface area contributed by atoms with Crippen LogP contribution in [-0.4, -0.2) is 10.7 Å². The Morgan fingerprint density at radius 3 is 2.63 bits per heavy atom. The van der Waals surface area contributed by atoms with E-state index < -0.39 is 4.92 Å². The van der Waals surface area contributed by atoms with Crippen LogP contribution >= 0.6 is 11.8 Å². The molecule has 3 aromatic carbocycles. The number of ketones is 1. The third-order valence-corrected chi connectivity index (χ3v) is 6.68. The molecule has 1 aliphatic carbocycles. The fourth-order valence-electron chi connectivity index (χ4n) is 4.06. The van der Waals surface area contributed by atoms with Crippen LogP contribution in [0, 0.1) is 10.1 Å². The Balaban J connectivity index is 1.44. The van der Waals surface area contributed by atoms with Crippen molar-refractivity contribution in [1.29, 1.82) is 0 Å². The summed E-state index contributed by atoms with van der Waals surface area (Å²) in [5, 5.41) is 14.6. The van der Waals surface area contributed by atoms with Gasteiger partial charge in [-0.2, -0.15) is 0 Å². The molecule has 1 heterocycles. The molecule has 148 valence electrons. The first-order valence-corrected chi connectivity index (χ1v) is 10.5. The number of non-ortho nitro benzene ring substituents is 1. The Bertz CT molecular complexity index is 1220. The zero-order chi connectivity index (χ0) is 20.7. The van der Waals surface area contributed by atoms with Gasteiger partial charge >= 0.3 is 0 Å². The number of nitrogens with zero attached hydrogens (tertiary/aromatic N) is 1. The number of nitro groups is 1. The molecule has 5 nitrogen and oxygen atoms in total. The molecule has 0 fully saturated rings. The van der Waals surface area contributed by atoms with Crippen molar-refractivity contribution in [3.05, 3.63) is 94.0 Å². The summed E-state index contributed by atoms with van der Waals surface area (Å²) in [5.74, 6) is -0.00495. The van der Waals surface area contributed by atoms with Gasteiger partial charge in [-0.25, -0.2) is 0 Å². The monoisotopic (exact) mass is 414 g/mol. The molecular weight excluding hydrogens is 396 g/mol. The SMILES string of the molecule is O=C1C=C(c2ccc3c(c2)Nc2ccccc2S3)CC(c2cccc([N+](=O)[O-])c2)C1. The first-order valence-electron chi connectivity index (χ1n) is 9.73. The molecule has 0 saturated heterocycles. The van der Waals surface area contributed by atoms with Crippen LogP contribution in [0.5, 0.6) is 0 Å². The molecule has 0 aromatic heterocycles. The predicted molar refractivity (Wildman–Crippen MR) is 118 cm³/mol. The lowest BCUT2D eigenvalue weighted by molar-refractivity contribution is -0.384. The number of carbonyl (C=O) groups is 1. The number of hydrogen-bond donors (Lipinski definition) is 1. The fraction of sp³-hybridized carbons (Fsp3) is 0.125. The van der Waals surface area contributed by atoms with E-state index in [1.165, 1.54) is 11.0 Å². The number of fused-ring (bicyclic) bond motifs is 2. The third kappa shape index (κ3) is 3.50. The summed E-state index contributed by atoms with van der Waals surface area (Å²) in [7, 11) is 0. The summed E-state index contributed by atoms with van der Waals surface area (Å²) in [5.41, 5.74) is 4.98. The molecule has 2 aliphatic rings. The van der Waals surface area contributed by atoms with Crippen molar-refractivity contribution in [2.45, 2.75) is 28.6 Å². The lowest BCUT2D eigenvalue weighted by Gasteiger charge is -2.25. The van der Waals surface area contributed by atoms with Crippen molar-refractivity contribution in [2.75, 3.05) is 5.32 Å². The van der Waals surface area contributed by atoms with E-state index in [1.54, 1.807) is 30.0 Å². The van der Waals surface area contributed by atoms with Gasteiger partial charge in [-0.1, -0.05) is 42.1 Å². The normalized spacial score (nSPS) is 17.4. The minimum Gasteiger partial charge on any atom is -0.354 e. The summed E-state index contributed by atoms with van der Waals surface area (Å²) in [6.07, 6.45) is 2.77. The van der Waals surface area contributed by atoms with Gasteiger partial charge in [0.1, 0.15) is 0 Å². The molecule has 1 atom stereocenters. The average molecular weight is 414 g/mol. The average Bonchev–Trinajstić information content (AvgIpc) is 2.77. The predicted octanol–water partition coefficient (Wildman–Crippen LogP) is 6.33. The summed E-state index contributed by atoms with van der Waals surface area (Å²) in [6.45, 7) is 0. The Morgan fingerprint density at radius 1 is 0.933 bits per heavy atom. The third-order valence-electron chi connectivity index (χ3n) is 5.53. The minimum absolute atomic E-state index is 0.0538. The van der Waals surface area contributed by atoms with E-state index in [-0.39, 0.29) is 17.4 Å². The number of carbonyl (C=O) groups excluding carboxylic acids is 1. The number of hydrogen-bond acceptors (Lipinski definition) is 5. The second-order valence-corrected chi connectivity index (χ2v) is 8.61. The second kappa shape index (κ2) is 7.46. The standard InChI is InChI=1S/C24H18N2O3S/c27-20-12-17(15-4-3-5-19(11-15)26(28)29)10-18(13-20)16-8-9-24-22(14-16)25-21-6-1-2-7-23(21)30-24/h1-9,11,13-14,17,25H,10,12H2. The van der Waals surface area contributed by atoms with Crippen molar-refractivity contribution >= 4 is 40.2 Å². The highest BCUT2D eigenvalue weighted by molar-refractivity contribution is 7.99. The quantitative estimate of drug-likeness (QED) is 0.313. The molecule has 0 spiro atoms. The molecular formula is C24H18N2O3S. The van der Waals surface area contributed by atoms with Crippen molar-refractivity contribution in [1.82, 2.24) is 0 Å². The molecule has 1 aliphatic heterocycles. The number of anilines is 2. The van der Waals surface area contributed by atoms with E-state index in [0.29, 0.717) is 12.8 Å². The van der Waals surface area contributed by atoms with Gasteiger partial charge in [0, 0.05) is 28.3 Å². The van der Waals surface area contributed by atoms with Crippen LogP contribution in [0.3, 0.4) is 0 Å². The van der Waals surface area contributed by atoms with Gasteiger partial charge in [0.05, 0.1) is 16.3 Å². The first-order chi connectivity index (χ1) is 14.6. The zero-order valence-corrected chi connectivity index (χ0v) is 16.8. The van der Waals surface area contributed by atoms with E-state index in [2.05, 4.69) is 35.6 Å². The van der Waals surface area contributed by atoms with Crippen molar-refractivity contribution in [3.63, 3.8) is 0 Å². The number of allylic oxidation sites excluding steroid dienone is 2. The Kier molecular flexibility index (Phi) is 4.64. The van der Waals surface area contributed by atoms with Crippen LogP contribution < -0.4 is 5.32 Å². The molecule has 30 heavy (non-hydrogen) atoms. The number of benzene rings is 3. The summed E-state index contributed by atoms with van der Waals surface area (Å²) in [4.78, 5) is 25.5. The molecule has 5 rings (SSSR count). The first kappa shape index (κ1) is 18.6. The number of nitro benzene ring substituents is 1. The molecule has 0 saturated carbocycles. The highest BCUT2D eigenvalue weighted by Gasteiger charge is 2.25. The highest BCUT2D eigenvalue weighted by atomic mass is 32.2. The molecule has 0 radical (unpaired) electrons. The maximum Gasteiger partial charge on any atom is 0.269 e. The van der Waals surface area contributed by atoms with Crippen LogP contribution in [0.15, 0.2) is 82.6 Å². The molecule has 6 heteroatoms. The van der Waals surface area contributed by atoms with Crippen LogP contribution in [0.4, 0.5) is 17.1 Å². The second-order valence-electron chi connectivity index (χ2n) is 7.53. The molecule has 3 aromatic rings. The maximum absolute atomic E-state index is 12.5. The lowest BCUT2D eigenvalue weighted by Crippen LogP contribution is -2.13. The number of nitrogens with one attached hydrogen (secondary N) is 1. The smallest absolute Gasteiger partial charge is 0.269 e. The summed E-state index contributed by atoms with van der Waals surface area (Å²) in [6, 6.07) is 21.0. The van der Waals surface area contributed by atoms with Gasteiger partial charge < -0.3 is 5.32 Å². The van der Waals surface area contributed by atoms with Gasteiger partial charge in [0.2, 0.25) is 0 Å². The van der Waals surface area contributed by atoms with E-state index in [4.69, 9.17) is 0 Å². The van der Waals surface area contributed by atoms with Crippen LogP contribution in [-0.2, 0) is 4.79 Å². The molecule has 0 amide bonds. The summed E-state index contributed by atoms with van der Waals surface area (Å²) >= 11 is 1.73. The highest BCUT2D eigenvalue weighted by Crippen LogP contribution is 2.45. The largest absolute Gasteiger partial charge is 0.354 e. The number of rotatable bonds is 3. The van der Waals surface area contributed by atoms with Crippen molar-refractivity contribution in [3.8, 4) is 0 Å². The van der Waals surface area contributed by atoms with Gasteiger partial charge in [-0.05, 0) is 59.4 Å². The Hall–Kier alpha value is -3.38. The van der Waals surface area contributed by atoms with Gasteiger partial charge in [0.25, 0.3) is 5.69 Å². The van der Waals surface area contributed by atoms with Crippen LogP contribution in [0.25, 0.3) is 5.57 Å². The van der Waals surface area contributed by atoms with Crippen molar-refractivity contribution < 1.29 is 9.72 Å². The van der Waals surface area contributed by atoms with E-state index >= 15 is 0 Å². The maximum atomic E-state index is 12.5. The fourth-order valence-corrected chi connectivity index (χ4v) is 5.03. The minimum atomic E-state index is -0.393. The van der Waals surface area contributed by atoms with E-state index in [0.717, 1.165) is 33.0 Å². The Labute approximate surface area is 178 Å². The molecule has 1 N–H and O–H groups in total. The molecule has 0 bridgehead atoms. The topological polar surface area (TPSA) is 72.2 Å². The molecule has 1 unspecified atom stereocenters. The number of para-hydroxylation sites is 1. The van der Waals surface area contributed by atoms with Gasteiger partial charge in [0.15, 0.2) is 5.78 Å². The Morgan fingerprint density at radius 2 is 1.77 bits per heavy atom. The van der Waals surface area contributed by atoms with Crippen molar-refractivity contribution in [2.24, 2.45) is 0 Å². The van der Waals surface area contributed by atoms with Gasteiger partial charge in [-0.15, -0.1) is 0 Å². The van der Waals surface area contributed by atoms with Crippen LogP contribution in [0.1, 0.15) is 29.9 Å². The lowest BCUT2D eigenvalue weighted by atomic mass is 9.81. The zero-order valence-electron chi connectivity index (χ0n) is 16.0. The van der Waals surface area contributed by atoms with E-state index in [1.807, 2.05) is 18.2 Å². The van der Waals surface area contributed by atoms with E-state index in [9.17, 15) is 14.9 Å². The van der Waals surface area contributed by atoms with Gasteiger partial charge in [-0.3, -0.25) is 14.9 Å². The van der Waals surface area contributed by atoms with Crippen LogP contribution in [0.2, 0.25) is 0 Å². The summed E-state index contributed by atoms with van der Waals surface area (Å²) < 4.78 is 0.